The Morgan fingerprint density at radius 3 is 2.74 bits per heavy atom. The van der Waals surface area contributed by atoms with Gasteiger partial charge in [-0.2, -0.15) is 11.3 Å². The van der Waals surface area contributed by atoms with Gasteiger partial charge in [0.15, 0.2) is 11.5 Å². The summed E-state index contributed by atoms with van der Waals surface area (Å²) in [7, 11) is 0. The summed E-state index contributed by atoms with van der Waals surface area (Å²) in [6.07, 6.45) is 0. The average Bonchev–Trinajstić information content (AvgIpc) is 3.37. The highest BCUT2D eigenvalue weighted by atomic mass is 32.1. The number of hydrogen-bond acceptors (Lipinski definition) is 5. The van der Waals surface area contributed by atoms with Crippen molar-refractivity contribution in [3.8, 4) is 11.3 Å². The molecule has 0 spiro atoms. The minimum absolute atomic E-state index is 0.0909. The van der Waals surface area contributed by atoms with Gasteiger partial charge in [0.25, 0.3) is 5.91 Å². The highest BCUT2D eigenvalue weighted by Gasteiger charge is 2.21. The van der Waals surface area contributed by atoms with Gasteiger partial charge in [-0.25, -0.2) is 4.39 Å². The summed E-state index contributed by atoms with van der Waals surface area (Å²) in [5.74, 6) is -0.523. The monoisotopic (exact) mass is 387 g/mol. The molecule has 2 aromatic heterocycles. The van der Waals surface area contributed by atoms with E-state index in [9.17, 15) is 9.18 Å². The third kappa shape index (κ3) is 4.43. The molecule has 1 amide bonds. The van der Waals surface area contributed by atoms with E-state index >= 15 is 0 Å². The summed E-state index contributed by atoms with van der Waals surface area (Å²) >= 11 is 1.64. The Morgan fingerprint density at radius 1 is 1.30 bits per heavy atom. The molecule has 0 aliphatic heterocycles. The maximum absolute atomic E-state index is 13.9. The number of halogens is 1. The predicted molar refractivity (Wildman–Crippen MR) is 104 cm³/mol. The number of carbonyl (C=O) groups excluding carboxylic acids is 1. The minimum atomic E-state index is -0.417. The summed E-state index contributed by atoms with van der Waals surface area (Å²) < 4.78 is 19.0. The lowest BCUT2D eigenvalue weighted by molar-refractivity contribution is 0.0926. The van der Waals surface area contributed by atoms with Crippen molar-refractivity contribution >= 4 is 17.2 Å². The van der Waals surface area contributed by atoms with E-state index < -0.39 is 5.82 Å². The number of carbonyl (C=O) groups is 1. The van der Waals surface area contributed by atoms with Gasteiger partial charge in [-0.3, -0.25) is 9.69 Å². The molecule has 0 saturated heterocycles. The van der Waals surface area contributed by atoms with Crippen LogP contribution in [0.5, 0.6) is 0 Å². The van der Waals surface area contributed by atoms with E-state index in [1.165, 1.54) is 17.7 Å². The van der Waals surface area contributed by atoms with Gasteiger partial charge >= 0.3 is 0 Å². The van der Waals surface area contributed by atoms with Crippen LogP contribution in [0.25, 0.3) is 11.3 Å². The summed E-state index contributed by atoms with van der Waals surface area (Å²) in [5, 5.41) is 10.9. The average molecular weight is 387 g/mol. The molecular formula is C20H22FN3O2S. The molecule has 1 aromatic carbocycles. The third-order valence-electron chi connectivity index (χ3n) is 4.52. The number of nitrogens with zero attached hydrogens (tertiary/aromatic N) is 2. The molecule has 0 aliphatic rings. The number of rotatable bonds is 8. The first-order chi connectivity index (χ1) is 13.1. The number of amides is 1. The molecule has 2 heterocycles. The van der Waals surface area contributed by atoms with Crippen LogP contribution in [-0.2, 0) is 0 Å². The van der Waals surface area contributed by atoms with Crippen molar-refractivity contribution in [3.63, 3.8) is 0 Å². The highest BCUT2D eigenvalue weighted by Crippen LogP contribution is 2.24. The van der Waals surface area contributed by atoms with Gasteiger partial charge < -0.3 is 9.84 Å². The van der Waals surface area contributed by atoms with Crippen molar-refractivity contribution in [1.82, 2.24) is 15.4 Å². The number of aromatic nitrogens is 1. The van der Waals surface area contributed by atoms with E-state index in [2.05, 4.69) is 40.7 Å². The standard InChI is InChI=1S/C20H22FN3O2S/c1-3-24(4-2)18(14-9-10-27-13-14)12-22-20(25)17-11-19(26-23-17)15-7-5-6-8-16(15)21/h5-11,13,18H,3-4,12H2,1-2H3,(H,22,25). The Hall–Kier alpha value is -2.51. The van der Waals surface area contributed by atoms with E-state index in [1.807, 2.05) is 5.38 Å². The summed E-state index contributed by atoms with van der Waals surface area (Å²) in [4.78, 5) is 14.8. The molecule has 1 atom stereocenters. The second-order valence-corrected chi connectivity index (χ2v) is 6.84. The molecular weight excluding hydrogens is 365 g/mol. The molecule has 142 valence electrons. The number of thiophene rings is 1. The van der Waals surface area contributed by atoms with Crippen molar-refractivity contribution < 1.29 is 13.7 Å². The zero-order valence-corrected chi connectivity index (χ0v) is 16.1. The van der Waals surface area contributed by atoms with Gasteiger partial charge in [0.05, 0.1) is 11.6 Å². The van der Waals surface area contributed by atoms with Crippen molar-refractivity contribution in [3.05, 3.63) is 64.2 Å². The fourth-order valence-electron chi connectivity index (χ4n) is 3.04. The normalized spacial score (nSPS) is 12.3. The number of nitrogens with one attached hydrogen (secondary N) is 1. The van der Waals surface area contributed by atoms with Crippen LogP contribution >= 0.6 is 11.3 Å². The molecule has 5 nitrogen and oxygen atoms in total. The number of benzene rings is 1. The number of hydrogen-bond donors (Lipinski definition) is 1. The predicted octanol–water partition coefficient (Wildman–Crippen LogP) is 4.36. The summed E-state index contributed by atoms with van der Waals surface area (Å²) in [5.41, 5.74) is 1.59. The van der Waals surface area contributed by atoms with Gasteiger partial charge in [-0.1, -0.05) is 31.1 Å². The van der Waals surface area contributed by atoms with Crippen molar-refractivity contribution in [2.24, 2.45) is 0 Å². The van der Waals surface area contributed by atoms with Gasteiger partial charge in [-0.15, -0.1) is 0 Å². The lowest BCUT2D eigenvalue weighted by atomic mass is 10.1. The second kappa shape index (κ2) is 8.92. The molecule has 27 heavy (non-hydrogen) atoms. The molecule has 0 fully saturated rings. The molecule has 1 unspecified atom stereocenters. The molecule has 7 heteroatoms. The van der Waals surface area contributed by atoms with Crippen LogP contribution in [-0.4, -0.2) is 35.6 Å². The summed E-state index contributed by atoms with van der Waals surface area (Å²) in [6, 6.07) is 9.86. The first-order valence-electron chi connectivity index (χ1n) is 8.90. The first kappa shape index (κ1) is 19.3. The fourth-order valence-corrected chi connectivity index (χ4v) is 3.74. The molecule has 0 bridgehead atoms. The molecule has 0 aliphatic carbocycles. The molecule has 0 radical (unpaired) electrons. The Bertz CT molecular complexity index is 875. The Balaban J connectivity index is 1.71. The van der Waals surface area contributed by atoms with E-state index in [-0.39, 0.29) is 29.0 Å². The first-order valence-corrected chi connectivity index (χ1v) is 9.84. The topological polar surface area (TPSA) is 58.4 Å². The smallest absolute Gasteiger partial charge is 0.273 e. The van der Waals surface area contributed by atoms with E-state index in [1.54, 1.807) is 29.5 Å². The van der Waals surface area contributed by atoms with Crippen LogP contribution in [0.4, 0.5) is 4.39 Å². The van der Waals surface area contributed by atoms with E-state index in [0.717, 1.165) is 13.1 Å². The lowest BCUT2D eigenvalue weighted by Crippen LogP contribution is -2.38. The van der Waals surface area contributed by atoms with Crippen LogP contribution in [0.1, 0.15) is 35.9 Å². The quantitative estimate of drug-likeness (QED) is 0.624. The van der Waals surface area contributed by atoms with Crippen LogP contribution in [0.3, 0.4) is 0 Å². The van der Waals surface area contributed by atoms with Crippen LogP contribution in [0.2, 0.25) is 0 Å². The second-order valence-electron chi connectivity index (χ2n) is 6.06. The van der Waals surface area contributed by atoms with Crippen molar-refractivity contribution in [2.45, 2.75) is 19.9 Å². The number of likely N-dealkylation sites (N-methyl/N-ethyl adjacent to an activating group) is 1. The zero-order valence-electron chi connectivity index (χ0n) is 15.3. The SMILES string of the molecule is CCN(CC)C(CNC(=O)c1cc(-c2ccccc2F)on1)c1ccsc1. The Morgan fingerprint density at radius 2 is 2.07 bits per heavy atom. The minimum Gasteiger partial charge on any atom is -0.355 e. The van der Waals surface area contributed by atoms with Gasteiger partial charge in [-0.05, 0) is 47.6 Å². The molecule has 3 rings (SSSR count). The van der Waals surface area contributed by atoms with Crippen molar-refractivity contribution in [2.75, 3.05) is 19.6 Å². The summed E-state index contributed by atoms with van der Waals surface area (Å²) in [6.45, 7) is 6.42. The fraction of sp³-hybridized carbons (Fsp3) is 0.300. The maximum Gasteiger partial charge on any atom is 0.273 e. The third-order valence-corrected chi connectivity index (χ3v) is 5.22. The zero-order chi connectivity index (χ0) is 19.2. The largest absolute Gasteiger partial charge is 0.355 e. The van der Waals surface area contributed by atoms with E-state index in [4.69, 9.17) is 4.52 Å². The van der Waals surface area contributed by atoms with Crippen LogP contribution < -0.4 is 5.32 Å². The Labute approximate surface area is 161 Å². The molecule has 1 N–H and O–H groups in total. The van der Waals surface area contributed by atoms with Crippen LogP contribution in [0, 0.1) is 5.82 Å². The maximum atomic E-state index is 13.9. The van der Waals surface area contributed by atoms with Gasteiger partial charge in [0.1, 0.15) is 5.82 Å². The lowest BCUT2D eigenvalue weighted by Gasteiger charge is -2.29. The van der Waals surface area contributed by atoms with E-state index in [0.29, 0.717) is 6.54 Å². The molecule has 3 aromatic rings. The molecule has 0 saturated carbocycles. The van der Waals surface area contributed by atoms with Crippen molar-refractivity contribution in [1.29, 1.82) is 0 Å². The van der Waals surface area contributed by atoms with Crippen LogP contribution in [0.15, 0.2) is 51.7 Å². The highest BCUT2D eigenvalue weighted by molar-refractivity contribution is 7.07. The Kier molecular flexibility index (Phi) is 6.36. The van der Waals surface area contributed by atoms with Gasteiger partial charge in [0, 0.05) is 12.6 Å². The van der Waals surface area contributed by atoms with Gasteiger partial charge in [0.2, 0.25) is 0 Å².